The summed E-state index contributed by atoms with van der Waals surface area (Å²) >= 11 is 0. The van der Waals surface area contributed by atoms with Gasteiger partial charge in [0, 0.05) is 19.1 Å². The van der Waals surface area contributed by atoms with E-state index in [1.165, 1.54) is 9.13 Å². The van der Waals surface area contributed by atoms with Gasteiger partial charge in [-0.2, -0.15) is 0 Å². The molecule has 128 valence electrons. The molecule has 1 aliphatic heterocycles. The predicted molar refractivity (Wildman–Crippen MR) is 93.2 cm³/mol. The quantitative estimate of drug-likeness (QED) is 0.859. The molecule has 0 N–H and O–H groups in total. The molecule has 2 heterocycles. The highest BCUT2D eigenvalue weighted by Gasteiger charge is 2.24. The van der Waals surface area contributed by atoms with Crippen LogP contribution in [0.3, 0.4) is 0 Å². The lowest BCUT2D eigenvalue weighted by atomic mass is 10.0. The Labute approximate surface area is 140 Å². The number of benzene rings is 1. The fourth-order valence-corrected chi connectivity index (χ4v) is 3.50. The second-order valence-corrected chi connectivity index (χ2v) is 6.37. The van der Waals surface area contributed by atoms with E-state index in [0.29, 0.717) is 10.9 Å². The second-order valence-electron chi connectivity index (χ2n) is 6.37. The average Bonchev–Trinajstić information content (AvgIpc) is 2.59. The van der Waals surface area contributed by atoms with E-state index in [4.69, 9.17) is 0 Å². The Hall–Kier alpha value is -2.37. The van der Waals surface area contributed by atoms with Crippen LogP contribution in [0.4, 0.5) is 0 Å². The standard InChI is InChI=1S/C18H23N3O3/c1-3-19-17(23)14-9-4-5-10-15(14)21(18(19)24)12-16(22)20-11-7-6-8-13(20)2/h4-5,9-10,13H,3,6-8,11-12H2,1-2H3/t13-/m1/s1. The molecule has 0 aliphatic carbocycles. The molecule has 2 aromatic rings. The van der Waals surface area contributed by atoms with Crippen LogP contribution in [0, 0.1) is 0 Å². The van der Waals surface area contributed by atoms with Crippen LogP contribution < -0.4 is 11.2 Å². The Morgan fingerprint density at radius 3 is 2.62 bits per heavy atom. The number of nitrogens with zero attached hydrogens (tertiary/aromatic N) is 3. The third-order valence-electron chi connectivity index (χ3n) is 4.87. The molecule has 1 aromatic carbocycles. The third-order valence-corrected chi connectivity index (χ3v) is 4.87. The van der Waals surface area contributed by atoms with Gasteiger partial charge in [0.2, 0.25) is 5.91 Å². The van der Waals surface area contributed by atoms with Gasteiger partial charge >= 0.3 is 5.69 Å². The van der Waals surface area contributed by atoms with Gasteiger partial charge < -0.3 is 4.90 Å². The van der Waals surface area contributed by atoms with Gasteiger partial charge in [0.25, 0.3) is 5.56 Å². The summed E-state index contributed by atoms with van der Waals surface area (Å²) in [5.74, 6) is -0.0595. The van der Waals surface area contributed by atoms with Gasteiger partial charge in [-0.1, -0.05) is 12.1 Å². The number of aromatic nitrogens is 2. The summed E-state index contributed by atoms with van der Waals surface area (Å²) in [6.45, 7) is 4.81. The number of rotatable bonds is 3. The first-order valence-electron chi connectivity index (χ1n) is 8.56. The topological polar surface area (TPSA) is 64.3 Å². The lowest BCUT2D eigenvalue weighted by molar-refractivity contribution is -0.135. The molecule has 24 heavy (non-hydrogen) atoms. The van der Waals surface area contributed by atoms with Gasteiger partial charge in [-0.05, 0) is 45.2 Å². The Bertz CT molecular complexity index is 881. The summed E-state index contributed by atoms with van der Waals surface area (Å²) in [5.41, 5.74) is -0.192. The Morgan fingerprint density at radius 1 is 1.17 bits per heavy atom. The number of hydrogen-bond acceptors (Lipinski definition) is 3. The van der Waals surface area contributed by atoms with Gasteiger partial charge in [-0.3, -0.25) is 18.7 Å². The number of likely N-dealkylation sites (tertiary alicyclic amines) is 1. The fraction of sp³-hybridized carbons (Fsp3) is 0.500. The number of amides is 1. The molecular formula is C18H23N3O3. The van der Waals surface area contributed by atoms with E-state index in [1.807, 2.05) is 11.8 Å². The maximum absolute atomic E-state index is 12.7. The van der Waals surface area contributed by atoms with E-state index in [9.17, 15) is 14.4 Å². The van der Waals surface area contributed by atoms with E-state index in [-0.39, 0.29) is 30.6 Å². The summed E-state index contributed by atoms with van der Waals surface area (Å²) in [4.78, 5) is 39.7. The fourth-order valence-electron chi connectivity index (χ4n) is 3.50. The molecule has 3 rings (SSSR count). The zero-order valence-electron chi connectivity index (χ0n) is 14.2. The maximum Gasteiger partial charge on any atom is 0.331 e. The molecular weight excluding hydrogens is 306 g/mol. The number of piperidine rings is 1. The maximum atomic E-state index is 12.7. The van der Waals surface area contributed by atoms with Gasteiger partial charge in [-0.25, -0.2) is 4.79 Å². The van der Waals surface area contributed by atoms with Crippen molar-refractivity contribution < 1.29 is 4.79 Å². The molecule has 6 heteroatoms. The zero-order chi connectivity index (χ0) is 17.3. The van der Waals surface area contributed by atoms with Gasteiger partial charge in [-0.15, -0.1) is 0 Å². The van der Waals surface area contributed by atoms with Crippen LogP contribution in [-0.4, -0.2) is 32.5 Å². The summed E-state index contributed by atoms with van der Waals surface area (Å²) < 4.78 is 2.62. The molecule has 1 aromatic heterocycles. The van der Waals surface area contributed by atoms with Crippen LogP contribution >= 0.6 is 0 Å². The van der Waals surface area contributed by atoms with Crippen LogP contribution in [0.2, 0.25) is 0 Å². The van der Waals surface area contributed by atoms with Crippen molar-refractivity contribution in [2.45, 2.75) is 52.2 Å². The number of carbonyl (C=O) groups is 1. The highest BCUT2D eigenvalue weighted by atomic mass is 16.2. The van der Waals surface area contributed by atoms with Crippen LogP contribution in [0.15, 0.2) is 33.9 Å². The summed E-state index contributed by atoms with van der Waals surface area (Å²) in [6.07, 6.45) is 3.13. The number of para-hydroxylation sites is 1. The van der Waals surface area contributed by atoms with Crippen molar-refractivity contribution in [2.24, 2.45) is 0 Å². The highest BCUT2D eigenvalue weighted by Crippen LogP contribution is 2.17. The molecule has 0 radical (unpaired) electrons. The number of carbonyl (C=O) groups excluding carboxylic acids is 1. The molecule has 6 nitrogen and oxygen atoms in total. The zero-order valence-corrected chi connectivity index (χ0v) is 14.2. The molecule has 0 unspecified atom stereocenters. The third kappa shape index (κ3) is 2.77. The van der Waals surface area contributed by atoms with Crippen molar-refractivity contribution in [1.82, 2.24) is 14.0 Å². The minimum atomic E-state index is -0.417. The minimum Gasteiger partial charge on any atom is -0.338 e. The summed E-state index contributed by atoms with van der Waals surface area (Å²) in [6, 6.07) is 7.18. The van der Waals surface area contributed by atoms with E-state index < -0.39 is 5.69 Å². The Morgan fingerprint density at radius 2 is 1.92 bits per heavy atom. The van der Waals surface area contributed by atoms with Crippen molar-refractivity contribution in [3.8, 4) is 0 Å². The molecule has 0 saturated carbocycles. The van der Waals surface area contributed by atoms with Crippen molar-refractivity contribution in [1.29, 1.82) is 0 Å². The van der Waals surface area contributed by atoms with Crippen molar-refractivity contribution in [3.63, 3.8) is 0 Å². The van der Waals surface area contributed by atoms with E-state index in [1.54, 1.807) is 31.2 Å². The minimum absolute atomic E-state index is 0.0238. The van der Waals surface area contributed by atoms with Gasteiger partial charge in [0.05, 0.1) is 10.9 Å². The first kappa shape index (κ1) is 16.5. The Kier molecular flexibility index (Phi) is 4.55. The first-order valence-corrected chi connectivity index (χ1v) is 8.56. The first-order chi connectivity index (χ1) is 11.5. The molecule has 1 amide bonds. The molecule has 1 fully saturated rings. The highest BCUT2D eigenvalue weighted by molar-refractivity contribution is 5.81. The monoisotopic (exact) mass is 329 g/mol. The predicted octanol–water partition coefficient (Wildman–Crippen LogP) is 1.58. The summed E-state index contributed by atoms with van der Waals surface area (Å²) in [5, 5.41) is 0.471. The number of hydrogen-bond donors (Lipinski definition) is 0. The van der Waals surface area contributed by atoms with Crippen LogP contribution in [0.25, 0.3) is 10.9 Å². The Balaban J connectivity index is 2.07. The average molecular weight is 329 g/mol. The van der Waals surface area contributed by atoms with Crippen LogP contribution in [-0.2, 0) is 17.9 Å². The largest absolute Gasteiger partial charge is 0.338 e. The van der Waals surface area contributed by atoms with Crippen molar-refractivity contribution in [2.75, 3.05) is 6.54 Å². The molecule has 0 spiro atoms. The van der Waals surface area contributed by atoms with Crippen LogP contribution in [0.1, 0.15) is 33.1 Å². The van der Waals surface area contributed by atoms with E-state index >= 15 is 0 Å². The van der Waals surface area contributed by atoms with Gasteiger partial charge in [0.1, 0.15) is 6.54 Å². The molecule has 0 bridgehead atoms. The van der Waals surface area contributed by atoms with Gasteiger partial charge in [0.15, 0.2) is 0 Å². The molecule has 1 aliphatic rings. The number of fused-ring (bicyclic) bond motifs is 1. The lowest BCUT2D eigenvalue weighted by Crippen LogP contribution is -2.47. The van der Waals surface area contributed by atoms with E-state index in [0.717, 1.165) is 25.8 Å². The second kappa shape index (κ2) is 6.63. The van der Waals surface area contributed by atoms with Crippen LogP contribution in [0.5, 0.6) is 0 Å². The van der Waals surface area contributed by atoms with E-state index in [2.05, 4.69) is 0 Å². The normalized spacial score (nSPS) is 18.1. The summed E-state index contributed by atoms with van der Waals surface area (Å²) in [7, 11) is 0. The van der Waals surface area contributed by atoms with Crippen molar-refractivity contribution >= 4 is 16.8 Å². The molecule has 1 atom stereocenters. The smallest absolute Gasteiger partial charge is 0.331 e. The molecule has 1 saturated heterocycles. The SMILES string of the molecule is CCn1c(=O)c2ccccc2n(CC(=O)N2CCCC[C@H]2C)c1=O. The lowest BCUT2D eigenvalue weighted by Gasteiger charge is -2.33. The van der Waals surface area contributed by atoms with Crippen molar-refractivity contribution in [3.05, 3.63) is 45.1 Å².